The van der Waals surface area contributed by atoms with Crippen molar-refractivity contribution in [2.75, 3.05) is 6.54 Å². The molecule has 0 aliphatic rings. The van der Waals surface area contributed by atoms with Gasteiger partial charge in [0.05, 0.1) is 0 Å². The van der Waals surface area contributed by atoms with Crippen LogP contribution in [-0.2, 0) is 9.59 Å². The summed E-state index contributed by atoms with van der Waals surface area (Å²) in [7, 11) is 0. The van der Waals surface area contributed by atoms with Gasteiger partial charge in [0.2, 0.25) is 5.91 Å². The van der Waals surface area contributed by atoms with E-state index >= 15 is 0 Å². The summed E-state index contributed by atoms with van der Waals surface area (Å²) in [5.41, 5.74) is 1.74. The third-order valence-electron chi connectivity index (χ3n) is 3.15. The summed E-state index contributed by atoms with van der Waals surface area (Å²) in [6.07, 6.45) is 8.04. The summed E-state index contributed by atoms with van der Waals surface area (Å²) < 4.78 is 0. The number of carboxylic acid groups (broad SMARTS) is 1. The van der Waals surface area contributed by atoms with Gasteiger partial charge in [-0.25, -0.2) is 0 Å². The summed E-state index contributed by atoms with van der Waals surface area (Å²) >= 11 is 0. The molecule has 1 amide bonds. The number of amides is 1. The summed E-state index contributed by atoms with van der Waals surface area (Å²) in [6, 6.07) is 9.89. The molecule has 0 spiro atoms. The van der Waals surface area contributed by atoms with Gasteiger partial charge >= 0.3 is 5.97 Å². The zero-order valence-electron chi connectivity index (χ0n) is 12.9. The van der Waals surface area contributed by atoms with Crippen LogP contribution in [0.1, 0.15) is 38.2 Å². The third kappa shape index (κ3) is 8.04. The van der Waals surface area contributed by atoms with Crippen molar-refractivity contribution in [3.63, 3.8) is 0 Å². The molecule has 1 rings (SSSR count). The second-order valence-corrected chi connectivity index (χ2v) is 5.08. The molecule has 0 aliphatic heterocycles. The van der Waals surface area contributed by atoms with Crippen LogP contribution in [0.4, 0.5) is 0 Å². The lowest BCUT2D eigenvalue weighted by atomic mass is 10.2. The number of carbonyl (C=O) groups excluding carboxylic acids is 1. The maximum Gasteiger partial charge on any atom is 0.303 e. The van der Waals surface area contributed by atoms with Crippen molar-refractivity contribution >= 4 is 18.0 Å². The van der Waals surface area contributed by atoms with Gasteiger partial charge in [-0.2, -0.15) is 0 Å². The lowest BCUT2D eigenvalue weighted by Gasteiger charge is -2.04. The smallest absolute Gasteiger partial charge is 0.303 e. The number of unbranched alkanes of at least 4 members (excludes halogenated alkanes) is 2. The van der Waals surface area contributed by atoms with Crippen LogP contribution in [0.25, 0.3) is 6.08 Å². The predicted molar refractivity (Wildman–Crippen MR) is 88.3 cm³/mol. The number of rotatable bonds is 9. The monoisotopic (exact) mass is 301 g/mol. The molecule has 0 fully saturated rings. The van der Waals surface area contributed by atoms with Gasteiger partial charge < -0.3 is 10.4 Å². The Morgan fingerprint density at radius 3 is 2.55 bits per heavy atom. The van der Waals surface area contributed by atoms with Crippen molar-refractivity contribution in [1.82, 2.24) is 5.32 Å². The Morgan fingerprint density at radius 2 is 1.86 bits per heavy atom. The number of benzene rings is 1. The number of carboxylic acids is 1. The number of hydrogen-bond donors (Lipinski definition) is 2. The largest absolute Gasteiger partial charge is 0.481 e. The van der Waals surface area contributed by atoms with E-state index in [0.717, 1.165) is 18.4 Å². The number of allylic oxidation sites excluding steroid dienone is 2. The van der Waals surface area contributed by atoms with Crippen LogP contribution in [0.2, 0.25) is 0 Å². The van der Waals surface area contributed by atoms with E-state index in [-0.39, 0.29) is 12.3 Å². The first-order chi connectivity index (χ1) is 10.6. The number of carbonyl (C=O) groups is 2. The zero-order valence-corrected chi connectivity index (χ0v) is 12.9. The summed E-state index contributed by atoms with van der Waals surface area (Å²) in [5, 5.41) is 11.3. The summed E-state index contributed by atoms with van der Waals surface area (Å²) in [4.78, 5) is 22.2. The average molecular weight is 301 g/mol. The van der Waals surface area contributed by atoms with Crippen molar-refractivity contribution in [2.24, 2.45) is 0 Å². The minimum atomic E-state index is -0.770. The number of hydrogen-bond acceptors (Lipinski definition) is 2. The van der Waals surface area contributed by atoms with Crippen molar-refractivity contribution in [2.45, 2.75) is 32.6 Å². The van der Waals surface area contributed by atoms with E-state index in [4.69, 9.17) is 5.11 Å². The molecular formula is C18H23NO3. The van der Waals surface area contributed by atoms with E-state index in [2.05, 4.69) is 5.32 Å². The fraction of sp³-hybridized carbons (Fsp3) is 0.333. The zero-order chi connectivity index (χ0) is 16.2. The lowest BCUT2D eigenvalue weighted by molar-refractivity contribution is -0.137. The molecule has 0 atom stereocenters. The van der Waals surface area contributed by atoms with Crippen LogP contribution in [0.15, 0.2) is 48.1 Å². The minimum Gasteiger partial charge on any atom is -0.481 e. The minimum absolute atomic E-state index is 0.0871. The molecule has 1 aromatic rings. The Hall–Kier alpha value is -2.36. The Bertz CT molecular complexity index is 533. The Labute approximate surface area is 131 Å². The van der Waals surface area contributed by atoms with Crippen LogP contribution in [0, 0.1) is 0 Å². The van der Waals surface area contributed by atoms with Gasteiger partial charge in [0.15, 0.2) is 0 Å². The molecule has 1 aromatic carbocycles. The molecule has 118 valence electrons. The van der Waals surface area contributed by atoms with Crippen molar-refractivity contribution in [3.8, 4) is 0 Å². The van der Waals surface area contributed by atoms with E-state index in [1.54, 1.807) is 13.0 Å². The molecule has 0 aliphatic carbocycles. The molecule has 0 heterocycles. The first-order valence-corrected chi connectivity index (χ1v) is 7.49. The second-order valence-electron chi connectivity index (χ2n) is 5.08. The molecule has 22 heavy (non-hydrogen) atoms. The molecule has 2 N–H and O–H groups in total. The number of nitrogens with one attached hydrogen (secondary N) is 1. The fourth-order valence-corrected chi connectivity index (χ4v) is 1.86. The highest BCUT2D eigenvalue weighted by atomic mass is 16.4. The van der Waals surface area contributed by atoms with Crippen molar-refractivity contribution in [1.29, 1.82) is 0 Å². The highest BCUT2D eigenvalue weighted by Gasteiger charge is 2.02. The molecule has 0 radical (unpaired) electrons. The molecule has 4 nitrogen and oxygen atoms in total. The fourth-order valence-electron chi connectivity index (χ4n) is 1.86. The van der Waals surface area contributed by atoms with E-state index < -0.39 is 5.97 Å². The van der Waals surface area contributed by atoms with Gasteiger partial charge in [-0.05, 0) is 25.3 Å². The first kappa shape index (κ1) is 17.7. The SMILES string of the molecule is C/C(=C\C=C\c1ccccc1)C(=O)NCCCCCC(=O)O. The molecule has 0 unspecified atom stereocenters. The van der Waals surface area contributed by atoms with Crippen LogP contribution in [-0.4, -0.2) is 23.5 Å². The van der Waals surface area contributed by atoms with E-state index in [1.165, 1.54) is 0 Å². The van der Waals surface area contributed by atoms with Gasteiger partial charge in [-0.3, -0.25) is 9.59 Å². The average Bonchev–Trinajstić information content (AvgIpc) is 2.51. The van der Waals surface area contributed by atoms with Crippen LogP contribution in [0.3, 0.4) is 0 Å². The quantitative estimate of drug-likeness (QED) is 0.417. The second kappa shape index (κ2) is 10.4. The Balaban J connectivity index is 2.25. The third-order valence-corrected chi connectivity index (χ3v) is 3.15. The van der Waals surface area contributed by atoms with Crippen LogP contribution in [0.5, 0.6) is 0 Å². The molecular weight excluding hydrogens is 278 g/mol. The molecule has 4 heteroatoms. The predicted octanol–water partition coefficient (Wildman–Crippen LogP) is 3.41. The van der Waals surface area contributed by atoms with Gasteiger partial charge in [-0.1, -0.05) is 55.0 Å². The van der Waals surface area contributed by atoms with Crippen molar-refractivity contribution in [3.05, 3.63) is 53.6 Å². The molecule has 0 saturated carbocycles. The first-order valence-electron chi connectivity index (χ1n) is 7.49. The Morgan fingerprint density at radius 1 is 1.14 bits per heavy atom. The van der Waals surface area contributed by atoms with Gasteiger partial charge in [0.25, 0.3) is 0 Å². The van der Waals surface area contributed by atoms with Crippen molar-refractivity contribution < 1.29 is 14.7 Å². The standard InChI is InChI=1S/C18H23NO3/c1-15(9-8-12-16-10-4-2-5-11-16)18(22)19-14-7-3-6-13-17(20)21/h2,4-5,8-12H,3,6-7,13-14H2,1H3,(H,19,22)(H,20,21)/b12-8+,15-9+. The van der Waals surface area contributed by atoms with E-state index in [0.29, 0.717) is 18.5 Å². The summed E-state index contributed by atoms with van der Waals surface area (Å²) in [5.74, 6) is -0.857. The van der Waals surface area contributed by atoms with Gasteiger partial charge in [0, 0.05) is 18.5 Å². The molecule has 0 bridgehead atoms. The Kier molecular flexibility index (Phi) is 8.35. The number of aliphatic carboxylic acids is 1. The lowest BCUT2D eigenvalue weighted by Crippen LogP contribution is -2.25. The van der Waals surface area contributed by atoms with Crippen LogP contribution < -0.4 is 5.32 Å². The topological polar surface area (TPSA) is 66.4 Å². The van der Waals surface area contributed by atoms with Gasteiger partial charge in [-0.15, -0.1) is 0 Å². The molecule has 0 saturated heterocycles. The van der Waals surface area contributed by atoms with Crippen LogP contribution >= 0.6 is 0 Å². The summed E-state index contributed by atoms with van der Waals surface area (Å²) in [6.45, 7) is 2.35. The maximum absolute atomic E-state index is 11.8. The van der Waals surface area contributed by atoms with Gasteiger partial charge in [0.1, 0.15) is 0 Å². The highest BCUT2D eigenvalue weighted by Crippen LogP contribution is 2.03. The normalized spacial score (nSPS) is 11.6. The maximum atomic E-state index is 11.8. The van der Waals surface area contributed by atoms with E-state index in [9.17, 15) is 9.59 Å². The molecule has 0 aromatic heterocycles. The van der Waals surface area contributed by atoms with E-state index in [1.807, 2.05) is 42.5 Å². The highest BCUT2D eigenvalue weighted by molar-refractivity contribution is 5.93.